The zero-order valence-electron chi connectivity index (χ0n) is 29.8. The molecule has 46 heavy (non-hydrogen) atoms. The van der Waals surface area contributed by atoms with Crippen molar-refractivity contribution in [3.8, 4) is 11.5 Å². The molecule has 7 heteroatoms. The fraction of sp³-hybridized carbons (Fsp3) is 0.692. The lowest BCUT2D eigenvalue weighted by Crippen LogP contribution is -2.55. The Kier molecular flexibility index (Phi) is 18.5. The molecule has 260 valence electrons. The van der Waals surface area contributed by atoms with Gasteiger partial charge in [-0.1, -0.05) is 71.6 Å². The molecule has 0 radical (unpaired) electrons. The Morgan fingerprint density at radius 1 is 0.696 bits per heavy atom. The van der Waals surface area contributed by atoms with Crippen LogP contribution in [0.15, 0.2) is 36.4 Å². The number of hydrogen-bond acceptors (Lipinski definition) is 7. The van der Waals surface area contributed by atoms with Crippen molar-refractivity contribution in [3.63, 3.8) is 0 Å². The normalized spacial score (nSPS) is 21.4. The van der Waals surface area contributed by atoms with E-state index in [9.17, 15) is 0 Å². The van der Waals surface area contributed by atoms with Crippen LogP contribution in [0.3, 0.4) is 0 Å². The summed E-state index contributed by atoms with van der Waals surface area (Å²) in [4.78, 5) is 0. The SMILES string of the molecule is CCCCOC[C@H]1S[C@@H](c2cc(Cc3ccc(OCC)cc3)c(C)cc2OC)[C@H](OCCCC)[C@@H](OCCCC)[C@@H]1OCCCC. The van der Waals surface area contributed by atoms with E-state index in [1.165, 1.54) is 16.7 Å². The van der Waals surface area contributed by atoms with Crippen LogP contribution in [-0.2, 0) is 25.4 Å². The van der Waals surface area contributed by atoms with Gasteiger partial charge in [-0.25, -0.2) is 0 Å². The zero-order chi connectivity index (χ0) is 33.1. The Labute approximate surface area is 284 Å². The van der Waals surface area contributed by atoms with Gasteiger partial charge in [0, 0.05) is 32.0 Å². The first-order valence-electron chi connectivity index (χ1n) is 18.0. The first kappa shape index (κ1) is 38.7. The standard InChI is InChI=1S/C39H62O6S/c1-8-13-21-41-28-35-36(43-22-14-9-2)37(44-23-15-10-3)38(45-24-16-11-4)39(46-35)33-27-31(29(6)25-34(33)40-7)26-30-17-19-32(20-18-30)42-12-5/h17-20,25,27,35-39H,8-16,21-24,26,28H2,1-7H3/t35-,36-,37+,38-,39+/m1/s1. The molecule has 1 aliphatic rings. The maximum atomic E-state index is 6.85. The summed E-state index contributed by atoms with van der Waals surface area (Å²) in [5, 5.41) is 0.112. The summed E-state index contributed by atoms with van der Waals surface area (Å²) >= 11 is 1.92. The molecule has 0 aromatic heterocycles. The summed E-state index contributed by atoms with van der Waals surface area (Å²) in [6.07, 6.45) is 8.81. The average Bonchev–Trinajstić information content (AvgIpc) is 3.06. The van der Waals surface area contributed by atoms with Gasteiger partial charge in [0.1, 0.15) is 29.8 Å². The number of ether oxygens (including phenoxy) is 6. The van der Waals surface area contributed by atoms with Crippen LogP contribution in [0.5, 0.6) is 11.5 Å². The molecule has 0 N–H and O–H groups in total. The Hall–Kier alpha value is -1.77. The number of thioether (sulfide) groups is 1. The molecule has 1 heterocycles. The van der Waals surface area contributed by atoms with Crippen LogP contribution in [0.4, 0.5) is 0 Å². The summed E-state index contributed by atoms with van der Waals surface area (Å²) in [5.41, 5.74) is 4.92. The number of methoxy groups -OCH3 is 1. The van der Waals surface area contributed by atoms with Crippen molar-refractivity contribution >= 4 is 11.8 Å². The van der Waals surface area contributed by atoms with Crippen LogP contribution in [0.1, 0.15) is 113 Å². The zero-order valence-corrected chi connectivity index (χ0v) is 30.6. The Balaban J connectivity index is 2.05. The Morgan fingerprint density at radius 3 is 1.87 bits per heavy atom. The van der Waals surface area contributed by atoms with Gasteiger partial charge in [-0.3, -0.25) is 0 Å². The molecule has 1 fully saturated rings. The first-order valence-corrected chi connectivity index (χ1v) is 18.9. The number of hydrogen-bond donors (Lipinski definition) is 0. The van der Waals surface area contributed by atoms with E-state index in [0.717, 1.165) is 81.5 Å². The van der Waals surface area contributed by atoms with E-state index in [1.807, 2.05) is 18.7 Å². The highest BCUT2D eigenvalue weighted by molar-refractivity contribution is 8.00. The van der Waals surface area contributed by atoms with E-state index in [-0.39, 0.29) is 28.8 Å². The quantitative estimate of drug-likeness (QED) is 0.110. The minimum absolute atomic E-state index is 0.00362. The predicted molar refractivity (Wildman–Crippen MR) is 192 cm³/mol. The van der Waals surface area contributed by atoms with Crippen molar-refractivity contribution in [2.45, 2.75) is 128 Å². The largest absolute Gasteiger partial charge is 0.496 e. The molecule has 3 rings (SSSR count). The molecule has 1 aliphatic heterocycles. The summed E-state index contributed by atoms with van der Waals surface area (Å²) in [6.45, 7) is 17.2. The third-order valence-electron chi connectivity index (χ3n) is 8.61. The minimum atomic E-state index is -0.202. The molecule has 5 atom stereocenters. The molecule has 2 aromatic carbocycles. The maximum absolute atomic E-state index is 6.85. The second-order valence-corrected chi connectivity index (χ2v) is 13.8. The van der Waals surface area contributed by atoms with Crippen molar-refractivity contribution in [2.24, 2.45) is 0 Å². The van der Waals surface area contributed by atoms with Gasteiger partial charge in [0.15, 0.2) is 0 Å². The van der Waals surface area contributed by atoms with Crippen LogP contribution in [0.2, 0.25) is 0 Å². The molecule has 2 aromatic rings. The van der Waals surface area contributed by atoms with Crippen molar-refractivity contribution in [3.05, 3.63) is 58.7 Å². The first-order chi connectivity index (χ1) is 22.5. The number of aryl methyl sites for hydroxylation is 1. The highest BCUT2D eigenvalue weighted by atomic mass is 32.2. The molecular formula is C39H62O6S. The summed E-state index contributed by atoms with van der Waals surface area (Å²) < 4.78 is 38.5. The second-order valence-electron chi connectivity index (χ2n) is 12.4. The lowest BCUT2D eigenvalue weighted by atomic mass is 9.91. The predicted octanol–water partition coefficient (Wildman–Crippen LogP) is 9.52. The van der Waals surface area contributed by atoms with E-state index in [2.05, 4.69) is 71.0 Å². The maximum Gasteiger partial charge on any atom is 0.123 e. The van der Waals surface area contributed by atoms with Crippen LogP contribution >= 0.6 is 11.8 Å². The number of rotatable bonds is 23. The Morgan fingerprint density at radius 2 is 1.28 bits per heavy atom. The van der Waals surface area contributed by atoms with Crippen LogP contribution in [0.25, 0.3) is 0 Å². The van der Waals surface area contributed by atoms with Crippen molar-refractivity contribution < 1.29 is 28.4 Å². The van der Waals surface area contributed by atoms with Gasteiger partial charge in [-0.05, 0) is 80.8 Å². The smallest absolute Gasteiger partial charge is 0.123 e. The summed E-state index contributed by atoms with van der Waals surface area (Å²) in [6, 6.07) is 13.0. The third kappa shape index (κ3) is 11.7. The lowest BCUT2D eigenvalue weighted by Gasteiger charge is -2.46. The monoisotopic (exact) mass is 658 g/mol. The molecule has 1 saturated heterocycles. The molecule has 0 aliphatic carbocycles. The fourth-order valence-electron chi connectivity index (χ4n) is 5.83. The van der Waals surface area contributed by atoms with E-state index in [1.54, 1.807) is 7.11 Å². The summed E-state index contributed by atoms with van der Waals surface area (Å²) in [7, 11) is 1.78. The van der Waals surface area contributed by atoms with Crippen LogP contribution in [0, 0.1) is 6.92 Å². The van der Waals surface area contributed by atoms with E-state index in [0.29, 0.717) is 33.0 Å². The van der Waals surface area contributed by atoms with Crippen molar-refractivity contribution in [1.82, 2.24) is 0 Å². The van der Waals surface area contributed by atoms with Crippen molar-refractivity contribution in [1.29, 1.82) is 0 Å². The fourth-order valence-corrected chi connectivity index (χ4v) is 7.49. The molecule has 0 spiro atoms. The number of benzene rings is 2. The molecular weight excluding hydrogens is 596 g/mol. The molecule has 0 unspecified atom stereocenters. The van der Waals surface area contributed by atoms with Crippen LogP contribution < -0.4 is 9.47 Å². The third-order valence-corrected chi connectivity index (χ3v) is 10.2. The Bertz CT molecular complexity index is 1090. The van der Waals surface area contributed by atoms with Crippen molar-refractivity contribution in [2.75, 3.05) is 46.8 Å². The number of unbranched alkanes of at least 4 members (excludes halogenated alkanes) is 4. The van der Waals surface area contributed by atoms with Gasteiger partial charge in [-0.15, -0.1) is 11.8 Å². The molecule has 6 nitrogen and oxygen atoms in total. The average molecular weight is 659 g/mol. The topological polar surface area (TPSA) is 55.4 Å². The van der Waals surface area contributed by atoms with E-state index < -0.39 is 0 Å². The van der Waals surface area contributed by atoms with Gasteiger partial charge in [0.2, 0.25) is 0 Å². The van der Waals surface area contributed by atoms with Gasteiger partial charge in [-0.2, -0.15) is 0 Å². The highest BCUT2D eigenvalue weighted by Gasteiger charge is 2.49. The highest BCUT2D eigenvalue weighted by Crippen LogP contribution is 2.49. The molecule has 0 amide bonds. The van der Waals surface area contributed by atoms with Gasteiger partial charge in [0.25, 0.3) is 0 Å². The summed E-state index contributed by atoms with van der Waals surface area (Å²) in [5.74, 6) is 1.80. The van der Waals surface area contributed by atoms with Crippen LogP contribution in [-0.4, -0.2) is 70.3 Å². The molecule has 0 bridgehead atoms. The second kappa shape index (κ2) is 22.0. The molecule has 0 saturated carbocycles. The van der Waals surface area contributed by atoms with Gasteiger partial charge < -0.3 is 28.4 Å². The van der Waals surface area contributed by atoms with Gasteiger partial charge >= 0.3 is 0 Å². The van der Waals surface area contributed by atoms with Gasteiger partial charge in [0.05, 0.1) is 30.8 Å². The van der Waals surface area contributed by atoms with E-state index in [4.69, 9.17) is 28.4 Å². The minimum Gasteiger partial charge on any atom is -0.496 e. The lowest BCUT2D eigenvalue weighted by molar-refractivity contribution is -0.149. The van der Waals surface area contributed by atoms with E-state index >= 15 is 0 Å².